The van der Waals surface area contributed by atoms with E-state index < -0.39 is 0 Å². The lowest BCUT2D eigenvalue weighted by molar-refractivity contribution is 0.128. The van der Waals surface area contributed by atoms with Crippen LogP contribution in [-0.4, -0.2) is 53.1 Å². The predicted molar refractivity (Wildman–Crippen MR) is 84.4 cm³/mol. The van der Waals surface area contributed by atoms with Gasteiger partial charge in [0.1, 0.15) is 18.0 Å². The van der Waals surface area contributed by atoms with Crippen molar-refractivity contribution in [3.8, 4) is 0 Å². The molecule has 0 unspecified atom stereocenters. The van der Waals surface area contributed by atoms with Gasteiger partial charge in [0.15, 0.2) is 0 Å². The molecule has 0 aliphatic carbocycles. The van der Waals surface area contributed by atoms with E-state index >= 15 is 0 Å². The van der Waals surface area contributed by atoms with Gasteiger partial charge in [-0.05, 0) is 27.2 Å². The van der Waals surface area contributed by atoms with Crippen LogP contribution in [-0.2, 0) is 0 Å². The molecule has 0 atom stereocenters. The van der Waals surface area contributed by atoms with Crippen molar-refractivity contribution < 1.29 is 0 Å². The molecule has 1 aliphatic rings. The number of hydrogen-bond acceptors (Lipinski definition) is 5. The standard InChI is InChI=1S/C15H27N5/c1-5-6-16-13-11-14(18-12-17-13)19-7-9-20(10-8-19)15(2,3)4/h11-12H,5-10H2,1-4H3,(H,16,17,18). The number of rotatable bonds is 4. The predicted octanol–water partition coefficient (Wildman–Crippen LogP) is 2.22. The van der Waals surface area contributed by atoms with Crippen molar-refractivity contribution in [1.82, 2.24) is 14.9 Å². The molecule has 2 rings (SSSR count). The minimum Gasteiger partial charge on any atom is -0.370 e. The largest absolute Gasteiger partial charge is 0.370 e. The first-order chi connectivity index (χ1) is 9.50. The minimum absolute atomic E-state index is 0.256. The lowest BCUT2D eigenvalue weighted by Gasteiger charge is -2.42. The third-order valence-corrected chi connectivity index (χ3v) is 3.76. The molecule has 0 bridgehead atoms. The molecule has 1 saturated heterocycles. The molecule has 1 fully saturated rings. The summed E-state index contributed by atoms with van der Waals surface area (Å²) in [5, 5.41) is 3.32. The van der Waals surface area contributed by atoms with E-state index in [9.17, 15) is 0 Å². The van der Waals surface area contributed by atoms with Crippen molar-refractivity contribution >= 4 is 11.6 Å². The van der Waals surface area contributed by atoms with E-state index in [2.05, 4.69) is 58.8 Å². The summed E-state index contributed by atoms with van der Waals surface area (Å²) >= 11 is 0. The van der Waals surface area contributed by atoms with E-state index in [0.29, 0.717) is 0 Å². The second kappa shape index (κ2) is 6.39. The molecule has 1 aliphatic heterocycles. The summed E-state index contributed by atoms with van der Waals surface area (Å²) in [6.45, 7) is 14.2. The van der Waals surface area contributed by atoms with Crippen LogP contribution in [0, 0.1) is 0 Å². The lowest BCUT2D eigenvalue weighted by atomic mass is 10.1. The third kappa shape index (κ3) is 3.82. The van der Waals surface area contributed by atoms with Gasteiger partial charge < -0.3 is 10.2 Å². The first-order valence-electron chi connectivity index (χ1n) is 7.56. The molecule has 0 amide bonds. The van der Waals surface area contributed by atoms with Crippen molar-refractivity contribution in [1.29, 1.82) is 0 Å². The Hall–Kier alpha value is -1.36. The molecule has 20 heavy (non-hydrogen) atoms. The van der Waals surface area contributed by atoms with E-state index in [1.807, 2.05) is 0 Å². The first-order valence-corrected chi connectivity index (χ1v) is 7.56. The highest BCUT2D eigenvalue weighted by molar-refractivity contribution is 5.48. The molecule has 0 saturated carbocycles. The smallest absolute Gasteiger partial charge is 0.134 e. The van der Waals surface area contributed by atoms with E-state index in [4.69, 9.17) is 0 Å². The molecule has 0 spiro atoms. The molecular formula is C15H27N5. The average Bonchev–Trinajstić information content (AvgIpc) is 2.45. The van der Waals surface area contributed by atoms with Gasteiger partial charge in [0.25, 0.3) is 0 Å². The maximum absolute atomic E-state index is 4.41. The molecule has 5 heteroatoms. The molecule has 112 valence electrons. The van der Waals surface area contributed by atoms with Crippen molar-refractivity contribution in [3.05, 3.63) is 12.4 Å². The van der Waals surface area contributed by atoms with Gasteiger partial charge in [-0.2, -0.15) is 0 Å². The highest BCUT2D eigenvalue weighted by Gasteiger charge is 2.26. The number of nitrogens with zero attached hydrogens (tertiary/aromatic N) is 4. The van der Waals surface area contributed by atoms with Crippen LogP contribution >= 0.6 is 0 Å². The van der Waals surface area contributed by atoms with Gasteiger partial charge in [-0.1, -0.05) is 6.92 Å². The van der Waals surface area contributed by atoms with Crippen LogP contribution in [0.15, 0.2) is 12.4 Å². The summed E-state index contributed by atoms with van der Waals surface area (Å²) in [5.74, 6) is 1.96. The summed E-state index contributed by atoms with van der Waals surface area (Å²) in [7, 11) is 0. The summed E-state index contributed by atoms with van der Waals surface area (Å²) < 4.78 is 0. The Balaban J connectivity index is 1.96. The quantitative estimate of drug-likeness (QED) is 0.914. The van der Waals surface area contributed by atoms with Crippen LogP contribution in [0.25, 0.3) is 0 Å². The third-order valence-electron chi connectivity index (χ3n) is 3.76. The van der Waals surface area contributed by atoms with E-state index in [1.165, 1.54) is 0 Å². The zero-order chi connectivity index (χ0) is 14.6. The van der Waals surface area contributed by atoms with Gasteiger partial charge in [0.05, 0.1) is 0 Å². The van der Waals surface area contributed by atoms with Crippen LogP contribution in [0.1, 0.15) is 34.1 Å². The molecule has 2 heterocycles. The zero-order valence-electron chi connectivity index (χ0n) is 13.2. The Kier molecular flexibility index (Phi) is 4.81. The monoisotopic (exact) mass is 277 g/mol. The van der Waals surface area contributed by atoms with Crippen LogP contribution in [0.4, 0.5) is 11.6 Å². The first kappa shape index (κ1) is 15.0. The number of nitrogens with one attached hydrogen (secondary N) is 1. The SMILES string of the molecule is CCCNc1cc(N2CCN(C(C)(C)C)CC2)ncn1. The van der Waals surface area contributed by atoms with Crippen molar-refractivity contribution in [2.75, 3.05) is 42.9 Å². The number of hydrogen-bond donors (Lipinski definition) is 1. The lowest BCUT2D eigenvalue weighted by Crippen LogP contribution is -2.53. The minimum atomic E-state index is 0.256. The van der Waals surface area contributed by atoms with Gasteiger partial charge >= 0.3 is 0 Å². The molecule has 0 radical (unpaired) electrons. The highest BCUT2D eigenvalue weighted by Crippen LogP contribution is 2.20. The molecule has 5 nitrogen and oxygen atoms in total. The zero-order valence-corrected chi connectivity index (χ0v) is 13.2. The van der Waals surface area contributed by atoms with Gasteiger partial charge in [-0.25, -0.2) is 9.97 Å². The fourth-order valence-corrected chi connectivity index (χ4v) is 2.48. The Morgan fingerprint density at radius 1 is 1.15 bits per heavy atom. The second-order valence-corrected chi connectivity index (χ2v) is 6.33. The Morgan fingerprint density at radius 2 is 1.85 bits per heavy atom. The summed E-state index contributed by atoms with van der Waals surface area (Å²) in [5.41, 5.74) is 0.256. The highest BCUT2D eigenvalue weighted by atomic mass is 15.3. The number of anilines is 2. The van der Waals surface area contributed by atoms with Crippen molar-refractivity contribution in [2.45, 2.75) is 39.7 Å². The average molecular weight is 277 g/mol. The summed E-state index contributed by atoms with van der Waals surface area (Å²) in [6, 6.07) is 2.06. The fourth-order valence-electron chi connectivity index (χ4n) is 2.48. The fraction of sp³-hybridized carbons (Fsp3) is 0.733. The van der Waals surface area contributed by atoms with Crippen LogP contribution in [0.3, 0.4) is 0 Å². The van der Waals surface area contributed by atoms with Gasteiger partial charge in [-0.3, -0.25) is 4.90 Å². The van der Waals surface area contributed by atoms with Crippen LogP contribution < -0.4 is 10.2 Å². The Morgan fingerprint density at radius 3 is 2.45 bits per heavy atom. The van der Waals surface area contributed by atoms with Crippen molar-refractivity contribution in [3.63, 3.8) is 0 Å². The van der Waals surface area contributed by atoms with Crippen molar-refractivity contribution in [2.24, 2.45) is 0 Å². The summed E-state index contributed by atoms with van der Waals surface area (Å²) in [6.07, 6.45) is 2.76. The van der Waals surface area contributed by atoms with Gasteiger partial charge in [0.2, 0.25) is 0 Å². The Labute approximate surface area is 122 Å². The number of piperazine rings is 1. The normalized spacial score (nSPS) is 17.3. The Bertz CT molecular complexity index is 419. The molecule has 1 N–H and O–H groups in total. The summed E-state index contributed by atoms with van der Waals surface area (Å²) in [4.78, 5) is 13.6. The second-order valence-electron chi connectivity index (χ2n) is 6.33. The van der Waals surface area contributed by atoms with Crippen LogP contribution in [0.2, 0.25) is 0 Å². The molecule has 1 aromatic heterocycles. The topological polar surface area (TPSA) is 44.3 Å². The number of aromatic nitrogens is 2. The van der Waals surface area contributed by atoms with E-state index in [-0.39, 0.29) is 5.54 Å². The van der Waals surface area contributed by atoms with Gasteiger partial charge in [-0.15, -0.1) is 0 Å². The maximum atomic E-state index is 4.41. The maximum Gasteiger partial charge on any atom is 0.134 e. The van der Waals surface area contributed by atoms with Crippen LogP contribution in [0.5, 0.6) is 0 Å². The molecule has 1 aromatic rings. The van der Waals surface area contributed by atoms with E-state index in [1.54, 1.807) is 6.33 Å². The van der Waals surface area contributed by atoms with Gasteiger partial charge in [0, 0.05) is 44.3 Å². The molecule has 0 aromatic carbocycles. The van der Waals surface area contributed by atoms with E-state index in [0.717, 1.165) is 50.8 Å². The molecular weight excluding hydrogens is 250 g/mol.